The summed E-state index contributed by atoms with van der Waals surface area (Å²) in [5.74, 6) is -0.168. The van der Waals surface area contributed by atoms with Crippen LogP contribution >= 0.6 is 11.6 Å². The highest BCUT2D eigenvalue weighted by Crippen LogP contribution is 2.25. The van der Waals surface area contributed by atoms with E-state index in [1.807, 2.05) is 20.8 Å². The molecule has 158 valence electrons. The lowest BCUT2D eigenvalue weighted by atomic mass is 10.1. The largest absolute Gasteiger partial charge is 0.321 e. The summed E-state index contributed by atoms with van der Waals surface area (Å²) in [6.45, 7) is 6.46. The molecule has 0 unspecified atom stereocenters. The molecule has 1 amide bonds. The number of anilines is 2. The van der Waals surface area contributed by atoms with Gasteiger partial charge in [0.1, 0.15) is 5.69 Å². The summed E-state index contributed by atoms with van der Waals surface area (Å²) in [4.78, 5) is 12.8. The van der Waals surface area contributed by atoms with Crippen molar-refractivity contribution in [1.82, 2.24) is 9.78 Å². The summed E-state index contributed by atoms with van der Waals surface area (Å²) < 4.78 is 29.6. The smallest absolute Gasteiger partial charge is 0.273 e. The van der Waals surface area contributed by atoms with E-state index in [1.165, 1.54) is 12.1 Å². The standard InChI is InChI=1S/C21H23ClN4O3S/c1-4-26-20(13-19(24-26)14(2)3)21(27)23-15-8-7-9-16(12-15)30(28,29)25-18-11-6-5-10-17(18)22/h5-14,25H,4H2,1-3H3,(H,23,27). The molecule has 0 saturated carbocycles. The van der Waals surface area contributed by atoms with Crippen LogP contribution < -0.4 is 10.0 Å². The molecule has 1 heterocycles. The summed E-state index contributed by atoms with van der Waals surface area (Å²) in [7, 11) is -3.88. The Morgan fingerprint density at radius 2 is 1.87 bits per heavy atom. The Morgan fingerprint density at radius 3 is 2.53 bits per heavy atom. The summed E-state index contributed by atoms with van der Waals surface area (Å²) in [6, 6.07) is 14.3. The van der Waals surface area contributed by atoms with Crippen molar-refractivity contribution in [3.8, 4) is 0 Å². The number of carbonyl (C=O) groups excluding carboxylic acids is 1. The number of aromatic nitrogens is 2. The predicted octanol–water partition coefficient (Wildman–Crippen LogP) is 4.73. The molecule has 9 heteroatoms. The molecule has 2 aromatic carbocycles. The van der Waals surface area contributed by atoms with Crippen molar-refractivity contribution in [3.63, 3.8) is 0 Å². The van der Waals surface area contributed by atoms with Crippen molar-refractivity contribution in [2.75, 3.05) is 10.0 Å². The van der Waals surface area contributed by atoms with Crippen molar-refractivity contribution in [2.45, 2.75) is 38.1 Å². The van der Waals surface area contributed by atoms with Crippen molar-refractivity contribution in [2.24, 2.45) is 0 Å². The Labute approximate surface area is 181 Å². The summed E-state index contributed by atoms with van der Waals surface area (Å²) >= 11 is 6.05. The van der Waals surface area contributed by atoms with Gasteiger partial charge in [-0.05, 0) is 49.2 Å². The number of nitrogens with zero attached hydrogens (tertiary/aromatic N) is 2. The number of aryl methyl sites for hydroxylation is 1. The zero-order chi connectivity index (χ0) is 21.9. The van der Waals surface area contributed by atoms with Crippen molar-refractivity contribution in [3.05, 3.63) is 71.0 Å². The second-order valence-electron chi connectivity index (χ2n) is 6.99. The molecule has 0 atom stereocenters. The van der Waals surface area contributed by atoms with Crippen LogP contribution in [0.5, 0.6) is 0 Å². The third-order valence-electron chi connectivity index (χ3n) is 4.44. The van der Waals surface area contributed by atoms with Gasteiger partial charge < -0.3 is 5.32 Å². The predicted molar refractivity (Wildman–Crippen MR) is 119 cm³/mol. The molecule has 0 saturated heterocycles. The van der Waals surface area contributed by atoms with Gasteiger partial charge in [-0.15, -0.1) is 0 Å². The molecule has 2 N–H and O–H groups in total. The second kappa shape index (κ2) is 8.89. The molecule has 0 aliphatic carbocycles. The minimum Gasteiger partial charge on any atom is -0.321 e. The molecule has 1 aromatic heterocycles. The van der Waals surface area contributed by atoms with Gasteiger partial charge in [0.25, 0.3) is 15.9 Å². The lowest BCUT2D eigenvalue weighted by Crippen LogP contribution is -2.18. The van der Waals surface area contributed by atoms with Gasteiger partial charge in [0.15, 0.2) is 0 Å². The molecular weight excluding hydrogens is 424 g/mol. The normalized spacial score (nSPS) is 11.5. The first-order valence-electron chi connectivity index (χ1n) is 9.47. The molecule has 0 bridgehead atoms. The lowest BCUT2D eigenvalue weighted by Gasteiger charge is -2.11. The van der Waals surface area contributed by atoms with Gasteiger partial charge in [0, 0.05) is 12.2 Å². The van der Waals surface area contributed by atoms with Gasteiger partial charge in [-0.1, -0.05) is 43.6 Å². The zero-order valence-corrected chi connectivity index (χ0v) is 18.5. The lowest BCUT2D eigenvalue weighted by molar-refractivity contribution is 0.101. The molecule has 0 fully saturated rings. The van der Waals surface area contributed by atoms with Crippen LogP contribution in [0.15, 0.2) is 59.5 Å². The maximum atomic E-state index is 12.8. The van der Waals surface area contributed by atoms with E-state index in [2.05, 4.69) is 15.1 Å². The molecule has 3 aromatic rings. The number of sulfonamides is 1. The van der Waals surface area contributed by atoms with Gasteiger partial charge >= 0.3 is 0 Å². The molecule has 3 rings (SSSR count). The van der Waals surface area contributed by atoms with Crippen LogP contribution in [0, 0.1) is 0 Å². The molecule has 0 spiro atoms. The second-order valence-corrected chi connectivity index (χ2v) is 9.08. The van der Waals surface area contributed by atoms with Crippen LogP contribution in [-0.4, -0.2) is 24.1 Å². The fourth-order valence-electron chi connectivity index (χ4n) is 2.83. The van der Waals surface area contributed by atoms with Crippen LogP contribution in [0.4, 0.5) is 11.4 Å². The maximum Gasteiger partial charge on any atom is 0.273 e. The quantitative estimate of drug-likeness (QED) is 0.548. The fraction of sp³-hybridized carbons (Fsp3) is 0.238. The minimum absolute atomic E-state index is 0.00656. The number of hydrogen-bond donors (Lipinski definition) is 2. The zero-order valence-electron chi connectivity index (χ0n) is 16.9. The number of amides is 1. The van der Waals surface area contributed by atoms with E-state index in [0.717, 1.165) is 5.69 Å². The highest BCUT2D eigenvalue weighted by molar-refractivity contribution is 7.92. The van der Waals surface area contributed by atoms with Gasteiger partial charge in [-0.2, -0.15) is 5.10 Å². The van der Waals surface area contributed by atoms with Crippen molar-refractivity contribution >= 4 is 38.9 Å². The molecule has 0 radical (unpaired) electrons. The Morgan fingerprint density at radius 1 is 1.13 bits per heavy atom. The number of rotatable bonds is 7. The number of halogens is 1. The number of carbonyl (C=O) groups is 1. The van der Waals surface area contributed by atoms with E-state index >= 15 is 0 Å². The fourth-order valence-corrected chi connectivity index (χ4v) is 4.19. The van der Waals surface area contributed by atoms with E-state index in [1.54, 1.807) is 47.1 Å². The number of benzene rings is 2. The van der Waals surface area contributed by atoms with Crippen molar-refractivity contribution in [1.29, 1.82) is 0 Å². The minimum atomic E-state index is -3.88. The van der Waals surface area contributed by atoms with Crippen LogP contribution in [-0.2, 0) is 16.6 Å². The topological polar surface area (TPSA) is 93.1 Å². The number of nitrogens with one attached hydrogen (secondary N) is 2. The highest BCUT2D eigenvalue weighted by Gasteiger charge is 2.19. The van der Waals surface area contributed by atoms with Crippen LogP contribution in [0.25, 0.3) is 0 Å². The van der Waals surface area contributed by atoms with Gasteiger partial charge in [-0.25, -0.2) is 8.42 Å². The number of hydrogen-bond acceptors (Lipinski definition) is 4. The Bertz CT molecular complexity index is 1170. The van der Waals surface area contributed by atoms with Crippen molar-refractivity contribution < 1.29 is 13.2 Å². The number of para-hydroxylation sites is 1. The maximum absolute atomic E-state index is 12.8. The average Bonchev–Trinajstić information content (AvgIpc) is 3.15. The van der Waals surface area contributed by atoms with E-state index in [9.17, 15) is 13.2 Å². The Balaban J connectivity index is 1.84. The Kier molecular flexibility index (Phi) is 6.48. The van der Waals surface area contributed by atoms with Crippen LogP contribution in [0.1, 0.15) is 42.9 Å². The molecule has 7 nitrogen and oxygen atoms in total. The monoisotopic (exact) mass is 446 g/mol. The molecule has 0 aliphatic heterocycles. The third kappa shape index (κ3) is 4.83. The first-order chi connectivity index (χ1) is 14.2. The third-order valence-corrected chi connectivity index (χ3v) is 6.14. The average molecular weight is 447 g/mol. The summed E-state index contributed by atoms with van der Waals surface area (Å²) in [5, 5.41) is 7.49. The van der Waals surface area contributed by atoms with E-state index < -0.39 is 10.0 Å². The summed E-state index contributed by atoms with van der Waals surface area (Å²) in [5.41, 5.74) is 1.88. The molecular formula is C21H23ClN4O3S. The Hall–Kier alpha value is -2.84. The van der Waals surface area contributed by atoms with Gasteiger partial charge in [-0.3, -0.25) is 14.2 Å². The van der Waals surface area contributed by atoms with Crippen LogP contribution in [0.3, 0.4) is 0 Å². The molecule has 30 heavy (non-hydrogen) atoms. The first-order valence-corrected chi connectivity index (χ1v) is 11.3. The van der Waals surface area contributed by atoms with E-state index in [-0.39, 0.29) is 22.4 Å². The van der Waals surface area contributed by atoms with E-state index in [4.69, 9.17) is 11.6 Å². The van der Waals surface area contributed by atoms with Gasteiger partial charge in [0.05, 0.1) is 21.3 Å². The van der Waals surface area contributed by atoms with E-state index in [0.29, 0.717) is 22.9 Å². The SMILES string of the molecule is CCn1nc(C(C)C)cc1C(=O)Nc1cccc(S(=O)(=O)Nc2ccccc2Cl)c1. The van der Waals surface area contributed by atoms with Gasteiger partial charge in [0.2, 0.25) is 0 Å². The first kappa shape index (κ1) is 21.9. The summed E-state index contributed by atoms with van der Waals surface area (Å²) in [6.07, 6.45) is 0. The highest BCUT2D eigenvalue weighted by atomic mass is 35.5. The van der Waals surface area contributed by atoms with Crippen LogP contribution in [0.2, 0.25) is 5.02 Å². The molecule has 0 aliphatic rings.